The van der Waals surface area contributed by atoms with Gasteiger partial charge in [0, 0.05) is 23.4 Å². The van der Waals surface area contributed by atoms with E-state index in [1.165, 1.54) is 30.9 Å². The van der Waals surface area contributed by atoms with E-state index in [4.69, 9.17) is 0 Å². The first kappa shape index (κ1) is 28.8. The highest BCUT2D eigenvalue weighted by Gasteiger charge is 2.67. The second kappa shape index (κ2) is 10.7. The Bertz CT molecular complexity index is 1180. The SMILES string of the molecule is CC1(C)SC2[C@H](N(C(=O)O)C(C)(C)C)C(=O)N2[C@H]1C(=O)N(CCn1cc(CO)nn1)CCn1cc(CO)nn1. The number of hydrogen-bond donors (Lipinski definition) is 3. The quantitative estimate of drug-likeness (QED) is 0.318. The molecule has 1 unspecified atom stereocenters. The minimum absolute atomic E-state index is 0.241. The molecule has 2 aliphatic rings. The van der Waals surface area contributed by atoms with Crippen LogP contribution in [0.1, 0.15) is 46.0 Å². The summed E-state index contributed by atoms with van der Waals surface area (Å²) in [5.74, 6) is -0.661. The molecule has 0 aliphatic carbocycles. The summed E-state index contributed by atoms with van der Waals surface area (Å²) >= 11 is 1.43. The number of β-lactam (4-membered cyclic amide) rings is 1. The Balaban J connectivity index is 1.56. The van der Waals surface area contributed by atoms with Crippen LogP contribution in [0, 0.1) is 0 Å². The van der Waals surface area contributed by atoms with Crippen LogP contribution in [0.3, 0.4) is 0 Å². The van der Waals surface area contributed by atoms with Crippen molar-refractivity contribution in [3.63, 3.8) is 0 Å². The van der Waals surface area contributed by atoms with Gasteiger partial charge in [0.1, 0.15) is 28.8 Å². The summed E-state index contributed by atoms with van der Waals surface area (Å²) in [6.07, 6.45) is 2.01. The predicted molar refractivity (Wildman–Crippen MR) is 138 cm³/mol. The third kappa shape index (κ3) is 5.58. The normalized spacial score (nSPS) is 22.0. The number of carbonyl (C=O) groups excluding carboxylic acids is 2. The van der Waals surface area contributed by atoms with Crippen LogP contribution in [0.5, 0.6) is 0 Å². The summed E-state index contributed by atoms with van der Waals surface area (Å²) in [6.45, 7) is 9.58. The lowest BCUT2D eigenvalue weighted by Crippen LogP contribution is -2.74. The second-order valence-corrected chi connectivity index (χ2v) is 12.9. The van der Waals surface area contributed by atoms with Gasteiger partial charge in [-0.15, -0.1) is 22.0 Å². The molecule has 39 heavy (non-hydrogen) atoms. The summed E-state index contributed by atoms with van der Waals surface area (Å²) in [5.41, 5.74) is 0.0116. The number of carbonyl (C=O) groups is 3. The molecule has 2 aliphatic heterocycles. The van der Waals surface area contributed by atoms with Crippen LogP contribution in [0.25, 0.3) is 0 Å². The summed E-state index contributed by atoms with van der Waals surface area (Å²) < 4.78 is 2.38. The van der Waals surface area contributed by atoms with E-state index in [9.17, 15) is 29.7 Å². The van der Waals surface area contributed by atoms with E-state index >= 15 is 0 Å². The van der Waals surface area contributed by atoms with Crippen molar-refractivity contribution >= 4 is 29.7 Å². The monoisotopic (exact) mass is 565 g/mol. The van der Waals surface area contributed by atoms with Gasteiger partial charge in [0.25, 0.3) is 0 Å². The number of rotatable bonds is 10. The van der Waals surface area contributed by atoms with Crippen LogP contribution in [-0.2, 0) is 35.9 Å². The van der Waals surface area contributed by atoms with Crippen molar-refractivity contribution in [3.8, 4) is 0 Å². The molecular formula is C23H35N9O6S. The van der Waals surface area contributed by atoms with Gasteiger partial charge in [-0.1, -0.05) is 10.4 Å². The Morgan fingerprint density at radius 2 is 1.54 bits per heavy atom. The number of carboxylic acid groups (broad SMARTS) is 1. The molecule has 0 aromatic carbocycles. The number of aromatic nitrogens is 6. The number of amides is 3. The molecule has 2 saturated heterocycles. The zero-order chi connectivity index (χ0) is 28.7. The van der Waals surface area contributed by atoms with Crippen molar-refractivity contribution in [1.29, 1.82) is 0 Å². The second-order valence-electron chi connectivity index (χ2n) is 11.1. The fourth-order valence-electron chi connectivity index (χ4n) is 5.05. The first-order chi connectivity index (χ1) is 18.3. The van der Waals surface area contributed by atoms with Crippen molar-refractivity contribution in [2.75, 3.05) is 13.1 Å². The molecule has 15 nitrogen and oxygen atoms in total. The number of fused-ring (bicyclic) bond motifs is 1. The molecule has 4 rings (SSSR count). The number of hydrogen-bond acceptors (Lipinski definition) is 10. The van der Waals surface area contributed by atoms with Crippen LogP contribution in [0.15, 0.2) is 12.4 Å². The molecule has 0 spiro atoms. The van der Waals surface area contributed by atoms with E-state index in [-0.39, 0.29) is 38.1 Å². The molecule has 3 atom stereocenters. The topological polar surface area (TPSA) is 183 Å². The van der Waals surface area contributed by atoms with Crippen molar-refractivity contribution in [3.05, 3.63) is 23.8 Å². The lowest BCUT2D eigenvalue weighted by atomic mass is 9.92. The molecule has 2 fully saturated rings. The van der Waals surface area contributed by atoms with Crippen molar-refractivity contribution in [2.24, 2.45) is 0 Å². The molecule has 16 heteroatoms. The Hall–Kier alpha value is -3.24. The standard InChI is InChI=1S/C23H35N9O6S/c1-22(2,3)32(21(37)38)16-18(35)31-17(23(4,5)39-20(16)31)19(36)28(6-8-29-10-14(12-33)24-26-29)7-9-30-11-15(13-34)25-27-30/h10-11,16-17,20,33-34H,6-9,12-13H2,1-5H3,(H,37,38)/t16-,17+,20?/m1/s1. The lowest BCUT2D eigenvalue weighted by Gasteiger charge is -2.51. The maximum Gasteiger partial charge on any atom is 0.408 e. The van der Waals surface area contributed by atoms with E-state index in [2.05, 4.69) is 20.6 Å². The van der Waals surface area contributed by atoms with E-state index in [0.29, 0.717) is 24.5 Å². The number of thioether (sulfide) groups is 1. The van der Waals surface area contributed by atoms with Gasteiger partial charge >= 0.3 is 6.09 Å². The third-order valence-electron chi connectivity index (χ3n) is 6.86. The van der Waals surface area contributed by atoms with Gasteiger partial charge in [0.05, 0.1) is 38.7 Å². The van der Waals surface area contributed by atoms with E-state index in [0.717, 1.165) is 0 Å². The Kier molecular flexibility index (Phi) is 7.91. The van der Waals surface area contributed by atoms with Crippen LogP contribution >= 0.6 is 11.8 Å². The Morgan fingerprint density at radius 3 is 1.95 bits per heavy atom. The largest absolute Gasteiger partial charge is 0.465 e. The number of nitrogens with zero attached hydrogens (tertiary/aromatic N) is 9. The van der Waals surface area contributed by atoms with Crippen LogP contribution in [0.2, 0.25) is 0 Å². The first-order valence-corrected chi connectivity index (χ1v) is 13.5. The molecule has 4 heterocycles. The van der Waals surface area contributed by atoms with Crippen LogP contribution in [-0.4, -0.2) is 119 Å². The van der Waals surface area contributed by atoms with Gasteiger partial charge in [-0.05, 0) is 34.6 Å². The minimum Gasteiger partial charge on any atom is -0.465 e. The molecule has 0 saturated carbocycles. The number of aliphatic hydroxyl groups is 2. The minimum atomic E-state index is -1.18. The summed E-state index contributed by atoms with van der Waals surface area (Å²) in [6, 6.07) is -1.68. The molecule has 2 aromatic heterocycles. The maximum atomic E-state index is 14.1. The van der Waals surface area contributed by atoms with Gasteiger partial charge in [0.15, 0.2) is 0 Å². The average molecular weight is 566 g/mol. The molecule has 2 aromatic rings. The maximum absolute atomic E-state index is 14.1. The van der Waals surface area contributed by atoms with Gasteiger partial charge in [-0.2, -0.15) is 0 Å². The van der Waals surface area contributed by atoms with Gasteiger partial charge in [-0.3, -0.25) is 23.9 Å². The van der Waals surface area contributed by atoms with Gasteiger partial charge in [0.2, 0.25) is 11.8 Å². The highest BCUT2D eigenvalue weighted by atomic mass is 32.2. The fourth-order valence-corrected chi connectivity index (χ4v) is 6.72. The Morgan fingerprint density at radius 1 is 1.03 bits per heavy atom. The highest BCUT2D eigenvalue weighted by molar-refractivity contribution is 8.01. The van der Waals surface area contributed by atoms with Gasteiger partial charge in [-0.25, -0.2) is 4.79 Å². The van der Waals surface area contributed by atoms with Crippen LogP contribution < -0.4 is 0 Å². The molecule has 3 N–H and O–H groups in total. The van der Waals surface area contributed by atoms with E-state index < -0.39 is 33.8 Å². The zero-order valence-corrected chi connectivity index (χ0v) is 23.4. The average Bonchev–Trinajstić information content (AvgIpc) is 3.57. The smallest absolute Gasteiger partial charge is 0.408 e. The Labute approximate surface area is 229 Å². The predicted octanol–water partition coefficient (Wildman–Crippen LogP) is -0.408. The molecule has 0 radical (unpaired) electrons. The van der Waals surface area contributed by atoms with Gasteiger partial charge < -0.3 is 25.1 Å². The summed E-state index contributed by atoms with van der Waals surface area (Å²) in [5, 5.41) is 43.7. The third-order valence-corrected chi connectivity index (χ3v) is 8.42. The van der Waals surface area contributed by atoms with Crippen molar-refractivity contribution < 1.29 is 29.7 Å². The fraction of sp³-hybridized carbons (Fsp3) is 0.696. The number of aliphatic hydroxyl groups excluding tert-OH is 2. The highest BCUT2D eigenvalue weighted by Crippen LogP contribution is 2.53. The molecule has 3 amide bonds. The van der Waals surface area contributed by atoms with Crippen molar-refractivity contribution in [1.82, 2.24) is 44.7 Å². The lowest BCUT2D eigenvalue weighted by molar-refractivity contribution is -0.164. The van der Waals surface area contributed by atoms with E-state index in [1.807, 2.05) is 13.8 Å². The molecule has 214 valence electrons. The molecular weight excluding hydrogens is 530 g/mol. The van der Waals surface area contributed by atoms with E-state index in [1.54, 1.807) is 38.1 Å². The summed E-state index contributed by atoms with van der Waals surface area (Å²) in [7, 11) is 0. The van der Waals surface area contributed by atoms with Crippen molar-refractivity contribution in [2.45, 2.75) is 88.7 Å². The first-order valence-electron chi connectivity index (χ1n) is 12.6. The summed E-state index contributed by atoms with van der Waals surface area (Å²) in [4.78, 5) is 43.9. The molecule has 0 bridgehead atoms. The van der Waals surface area contributed by atoms with Crippen LogP contribution in [0.4, 0.5) is 4.79 Å². The zero-order valence-electron chi connectivity index (χ0n) is 22.6.